The molecule has 0 saturated carbocycles. The Morgan fingerprint density at radius 2 is 2.08 bits per heavy atom. The quantitative estimate of drug-likeness (QED) is 0.915. The van der Waals surface area contributed by atoms with Gasteiger partial charge in [-0.3, -0.25) is 0 Å². The van der Waals surface area contributed by atoms with Crippen molar-refractivity contribution in [2.24, 2.45) is 5.92 Å². The molecule has 2 aromatic rings. The van der Waals surface area contributed by atoms with Crippen molar-refractivity contribution in [3.8, 4) is 0 Å². The van der Waals surface area contributed by atoms with E-state index in [2.05, 4.69) is 43.6 Å². The van der Waals surface area contributed by atoms with Crippen LogP contribution in [-0.4, -0.2) is 45.8 Å². The van der Waals surface area contributed by atoms with E-state index in [4.69, 9.17) is 10.5 Å². The highest BCUT2D eigenvalue weighted by molar-refractivity contribution is 5.44. The van der Waals surface area contributed by atoms with Crippen LogP contribution < -0.4 is 10.6 Å². The Kier molecular flexibility index (Phi) is 4.57. The summed E-state index contributed by atoms with van der Waals surface area (Å²) >= 11 is 0. The highest BCUT2D eigenvalue weighted by Crippen LogP contribution is 2.29. The van der Waals surface area contributed by atoms with Crippen LogP contribution >= 0.6 is 0 Å². The van der Waals surface area contributed by atoms with Gasteiger partial charge in [-0.25, -0.2) is 9.97 Å². The lowest BCUT2D eigenvalue weighted by molar-refractivity contribution is 0.193. The predicted molar refractivity (Wildman–Crippen MR) is 96.5 cm³/mol. The summed E-state index contributed by atoms with van der Waals surface area (Å²) in [5.74, 6) is 3.47. The second-order valence-electron chi connectivity index (χ2n) is 7.13. The first-order valence-corrected chi connectivity index (χ1v) is 9.14. The maximum Gasteiger partial charge on any atom is 0.222 e. The molecule has 1 atom stereocenters. The lowest BCUT2D eigenvalue weighted by Gasteiger charge is -2.33. The molecule has 4 heterocycles. The molecule has 0 amide bonds. The van der Waals surface area contributed by atoms with Gasteiger partial charge in [-0.2, -0.15) is 4.98 Å². The average Bonchev–Trinajstić information content (AvgIpc) is 3.28. The monoisotopic (exact) mass is 342 g/mol. The average molecular weight is 342 g/mol. The number of nitrogens with zero attached hydrogens (tertiary/aromatic N) is 5. The maximum absolute atomic E-state index is 5.97. The van der Waals surface area contributed by atoms with Gasteiger partial charge in [0.2, 0.25) is 5.95 Å². The molecule has 0 unspecified atom stereocenters. The van der Waals surface area contributed by atoms with Crippen LogP contribution in [0.15, 0.2) is 18.5 Å². The van der Waals surface area contributed by atoms with Crippen LogP contribution in [0.5, 0.6) is 0 Å². The number of nitrogen functional groups attached to an aromatic ring is 1. The molecule has 0 radical (unpaired) electrons. The third kappa shape index (κ3) is 3.61. The Hall–Kier alpha value is -2.15. The van der Waals surface area contributed by atoms with Gasteiger partial charge in [0, 0.05) is 50.6 Å². The zero-order valence-electron chi connectivity index (χ0n) is 14.8. The van der Waals surface area contributed by atoms with Gasteiger partial charge >= 0.3 is 0 Å². The van der Waals surface area contributed by atoms with Gasteiger partial charge in [-0.05, 0) is 32.1 Å². The Morgan fingerprint density at radius 1 is 1.24 bits per heavy atom. The van der Waals surface area contributed by atoms with Crippen LogP contribution in [0.4, 0.5) is 11.8 Å². The van der Waals surface area contributed by atoms with Crippen molar-refractivity contribution in [1.82, 2.24) is 19.5 Å². The zero-order valence-corrected chi connectivity index (χ0v) is 14.8. The Balaban J connectivity index is 1.41. The van der Waals surface area contributed by atoms with Crippen molar-refractivity contribution in [2.45, 2.75) is 38.6 Å². The minimum Gasteiger partial charge on any atom is -0.381 e. The molecule has 0 aromatic carbocycles. The number of hydrogen-bond acceptors (Lipinski definition) is 6. The SMILES string of the molecule is Cc1nccn1CC1CCN(c2cc([C@H]3CCOC3)nc(N)n2)CC1. The number of imidazole rings is 1. The molecule has 2 aliphatic rings. The Bertz CT molecular complexity index is 716. The summed E-state index contributed by atoms with van der Waals surface area (Å²) in [5.41, 5.74) is 6.99. The van der Waals surface area contributed by atoms with Gasteiger partial charge in [0.1, 0.15) is 11.6 Å². The summed E-state index contributed by atoms with van der Waals surface area (Å²) in [7, 11) is 0. The molecule has 0 spiro atoms. The number of aryl methyl sites for hydroxylation is 1. The van der Waals surface area contributed by atoms with Crippen LogP contribution in [0.2, 0.25) is 0 Å². The molecule has 2 aromatic heterocycles. The predicted octanol–water partition coefficient (Wildman–Crippen LogP) is 1.98. The molecule has 2 N–H and O–H groups in total. The Morgan fingerprint density at radius 3 is 2.76 bits per heavy atom. The molecule has 2 aliphatic heterocycles. The Labute approximate surface area is 148 Å². The lowest BCUT2D eigenvalue weighted by Crippen LogP contribution is -2.36. The second kappa shape index (κ2) is 7.00. The van der Waals surface area contributed by atoms with Crippen LogP contribution in [0.1, 0.15) is 36.7 Å². The van der Waals surface area contributed by atoms with Crippen molar-refractivity contribution >= 4 is 11.8 Å². The van der Waals surface area contributed by atoms with E-state index in [1.165, 1.54) is 0 Å². The van der Waals surface area contributed by atoms with Gasteiger partial charge in [0.05, 0.1) is 12.3 Å². The molecule has 4 rings (SSSR count). The first-order chi connectivity index (χ1) is 12.2. The van der Waals surface area contributed by atoms with Crippen LogP contribution in [0.3, 0.4) is 0 Å². The fourth-order valence-corrected chi connectivity index (χ4v) is 3.83. The van der Waals surface area contributed by atoms with E-state index in [-0.39, 0.29) is 0 Å². The van der Waals surface area contributed by atoms with Gasteiger partial charge in [0.15, 0.2) is 0 Å². The van der Waals surface area contributed by atoms with Crippen molar-refractivity contribution in [3.63, 3.8) is 0 Å². The third-order valence-electron chi connectivity index (χ3n) is 5.41. The highest BCUT2D eigenvalue weighted by atomic mass is 16.5. The van der Waals surface area contributed by atoms with E-state index < -0.39 is 0 Å². The third-order valence-corrected chi connectivity index (χ3v) is 5.41. The van der Waals surface area contributed by atoms with E-state index in [1.54, 1.807) is 0 Å². The normalized spacial score (nSPS) is 21.8. The number of anilines is 2. The molecule has 7 nitrogen and oxygen atoms in total. The second-order valence-corrected chi connectivity index (χ2v) is 7.13. The number of nitrogens with two attached hydrogens (primary N) is 1. The molecule has 2 fully saturated rings. The van der Waals surface area contributed by atoms with Crippen LogP contribution in [0.25, 0.3) is 0 Å². The number of piperidine rings is 1. The van der Waals surface area contributed by atoms with E-state index in [9.17, 15) is 0 Å². The van der Waals surface area contributed by atoms with Crippen molar-refractivity contribution in [2.75, 3.05) is 36.9 Å². The minimum atomic E-state index is 0.353. The number of ether oxygens (including phenoxy) is 1. The van der Waals surface area contributed by atoms with Gasteiger partial charge in [0.25, 0.3) is 0 Å². The van der Waals surface area contributed by atoms with Crippen molar-refractivity contribution < 1.29 is 4.74 Å². The molecule has 0 aliphatic carbocycles. The van der Waals surface area contributed by atoms with Gasteiger partial charge < -0.3 is 19.9 Å². The van der Waals surface area contributed by atoms with Gasteiger partial charge in [-0.15, -0.1) is 0 Å². The fourth-order valence-electron chi connectivity index (χ4n) is 3.83. The van der Waals surface area contributed by atoms with E-state index >= 15 is 0 Å². The minimum absolute atomic E-state index is 0.353. The summed E-state index contributed by atoms with van der Waals surface area (Å²) in [5, 5.41) is 0. The van der Waals surface area contributed by atoms with E-state index in [0.717, 1.165) is 69.4 Å². The molecule has 0 bridgehead atoms. The lowest BCUT2D eigenvalue weighted by atomic mass is 9.96. The smallest absolute Gasteiger partial charge is 0.222 e. The van der Waals surface area contributed by atoms with Crippen LogP contribution in [-0.2, 0) is 11.3 Å². The summed E-state index contributed by atoms with van der Waals surface area (Å²) < 4.78 is 7.74. The zero-order chi connectivity index (χ0) is 17.2. The van der Waals surface area contributed by atoms with Crippen LogP contribution in [0, 0.1) is 12.8 Å². The number of rotatable bonds is 4. The highest BCUT2D eigenvalue weighted by Gasteiger charge is 2.24. The maximum atomic E-state index is 5.97. The fraction of sp³-hybridized carbons (Fsp3) is 0.611. The topological polar surface area (TPSA) is 82.1 Å². The standard InChI is InChI=1S/C18H26N6O/c1-13-20-5-8-24(13)11-14-2-6-23(7-3-14)17-10-16(21-18(19)22-17)15-4-9-25-12-15/h5,8,10,14-15H,2-4,6-7,9,11-12H2,1H3,(H2,19,21,22)/t15-/m0/s1. The first-order valence-electron chi connectivity index (χ1n) is 9.14. The first kappa shape index (κ1) is 16.3. The molecular weight excluding hydrogens is 316 g/mol. The van der Waals surface area contributed by atoms with E-state index in [1.807, 2.05) is 6.20 Å². The molecule has 2 saturated heterocycles. The molecule has 7 heteroatoms. The van der Waals surface area contributed by atoms with E-state index in [0.29, 0.717) is 17.8 Å². The van der Waals surface area contributed by atoms with Crippen molar-refractivity contribution in [1.29, 1.82) is 0 Å². The molecule has 134 valence electrons. The van der Waals surface area contributed by atoms with Crippen molar-refractivity contribution in [3.05, 3.63) is 30.0 Å². The summed E-state index contributed by atoms with van der Waals surface area (Å²) in [6.07, 6.45) is 7.28. The number of hydrogen-bond donors (Lipinski definition) is 1. The summed E-state index contributed by atoms with van der Waals surface area (Å²) in [6, 6.07) is 2.11. The summed E-state index contributed by atoms with van der Waals surface area (Å²) in [6.45, 7) is 6.68. The number of aromatic nitrogens is 4. The molecular formula is C18H26N6O. The largest absolute Gasteiger partial charge is 0.381 e. The summed E-state index contributed by atoms with van der Waals surface area (Å²) in [4.78, 5) is 15.6. The molecule has 25 heavy (non-hydrogen) atoms. The van der Waals surface area contributed by atoms with Gasteiger partial charge in [-0.1, -0.05) is 0 Å².